The molecule has 2 bridgehead atoms. The van der Waals surface area contributed by atoms with Crippen molar-refractivity contribution in [1.82, 2.24) is 0 Å². The minimum atomic E-state index is -1.78. The monoisotopic (exact) mass is 352 g/mol. The highest BCUT2D eigenvalue weighted by molar-refractivity contribution is 5.85. The molecular weight excluding hydrogens is 326 g/mol. The summed E-state index contributed by atoms with van der Waals surface area (Å²) in [6.45, 7) is 3.15. The van der Waals surface area contributed by atoms with E-state index in [9.17, 15) is 9.90 Å². The molecule has 0 amide bonds. The van der Waals surface area contributed by atoms with Crippen LogP contribution in [0.5, 0.6) is 0 Å². The number of carbonyl (C=O) groups excluding carboxylic acids is 1. The van der Waals surface area contributed by atoms with Crippen LogP contribution < -0.4 is 0 Å². The first-order valence-electron chi connectivity index (χ1n) is 9.39. The molecule has 4 nitrogen and oxygen atoms in total. The highest BCUT2D eigenvalue weighted by Gasteiger charge is 2.49. The Bertz CT molecular complexity index is 727. The summed E-state index contributed by atoms with van der Waals surface area (Å²) in [5.74, 6) is -0.157. The number of fused-ring (bicyclic) bond motifs is 3. The summed E-state index contributed by atoms with van der Waals surface area (Å²) in [4.78, 5) is 13.2. The Labute approximate surface area is 154 Å². The van der Waals surface area contributed by atoms with E-state index in [0.717, 1.165) is 37.0 Å². The Hall–Kier alpha value is -2.17. The number of carbonyl (C=O) groups is 1. The molecule has 136 valence electrons. The number of rotatable bonds is 4. The number of benzene rings is 2. The second kappa shape index (κ2) is 6.53. The van der Waals surface area contributed by atoms with Crippen molar-refractivity contribution in [3.8, 4) is 0 Å². The molecule has 4 heteroatoms. The average Bonchev–Trinajstić information content (AvgIpc) is 2.69. The number of hydrogen-bond donors (Lipinski definition) is 1. The van der Waals surface area contributed by atoms with Gasteiger partial charge in [-0.3, -0.25) is 0 Å². The topological polar surface area (TPSA) is 46.5 Å². The number of esters is 1. The van der Waals surface area contributed by atoms with Gasteiger partial charge in [0.25, 0.3) is 0 Å². The maximum atomic E-state index is 13.2. The zero-order chi connectivity index (χ0) is 18.2. The van der Waals surface area contributed by atoms with E-state index in [2.05, 4.69) is 7.05 Å². The number of piperidine rings is 3. The fraction of sp³-hybridized carbons (Fsp3) is 0.409. The smallest absolute Gasteiger partial charge is 0.348 e. The van der Waals surface area contributed by atoms with Gasteiger partial charge in [0.2, 0.25) is 5.60 Å². The Balaban J connectivity index is 1.65. The van der Waals surface area contributed by atoms with E-state index in [4.69, 9.17) is 4.74 Å². The second-order valence-corrected chi connectivity index (χ2v) is 7.97. The van der Waals surface area contributed by atoms with E-state index >= 15 is 0 Å². The molecule has 2 aromatic carbocycles. The van der Waals surface area contributed by atoms with Crippen molar-refractivity contribution in [3.05, 3.63) is 71.8 Å². The zero-order valence-corrected chi connectivity index (χ0v) is 15.2. The number of hydrogen-bond acceptors (Lipinski definition) is 3. The standard InChI is InChI=1S/C22H26NO3/c1-23-14-12-17(13-15-23)20(16-23)26-21(24)22(25,18-8-4-2-5-9-18)19-10-6-3-7-11-19/h2-11,17,20,25H,12-16H2,1H3/q+1/t17?,20-,23?/m1/s1. The van der Waals surface area contributed by atoms with Crippen LogP contribution in [-0.4, -0.2) is 48.3 Å². The molecule has 0 spiro atoms. The van der Waals surface area contributed by atoms with E-state index in [1.54, 1.807) is 24.3 Å². The van der Waals surface area contributed by atoms with Gasteiger partial charge in [0.1, 0.15) is 6.54 Å². The van der Waals surface area contributed by atoms with Crippen molar-refractivity contribution >= 4 is 5.97 Å². The maximum Gasteiger partial charge on any atom is 0.348 e. The van der Waals surface area contributed by atoms with Crippen molar-refractivity contribution in [1.29, 1.82) is 0 Å². The predicted octanol–water partition coefficient (Wildman–Crippen LogP) is 2.70. The molecule has 0 aromatic heterocycles. The van der Waals surface area contributed by atoms with Crippen molar-refractivity contribution in [2.75, 3.05) is 26.7 Å². The van der Waals surface area contributed by atoms with Gasteiger partial charge in [-0.1, -0.05) is 60.7 Å². The van der Waals surface area contributed by atoms with Crippen LogP contribution in [0.1, 0.15) is 24.0 Å². The Morgan fingerprint density at radius 2 is 1.50 bits per heavy atom. The van der Waals surface area contributed by atoms with Crippen LogP contribution in [0, 0.1) is 5.92 Å². The third kappa shape index (κ3) is 2.93. The lowest BCUT2D eigenvalue weighted by Crippen LogP contribution is -2.62. The molecule has 0 unspecified atom stereocenters. The van der Waals surface area contributed by atoms with E-state index in [1.807, 2.05) is 36.4 Å². The molecule has 3 saturated heterocycles. The van der Waals surface area contributed by atoms with E-state index < -0.39 is 11.6 Å². The molecule has 1 N–H and O–H groups in total. The molecule has 1 atom stereocenters. The quantitative estimate of drug-likeness (QED) is 0.680. The lowest BCUT2D eigenvalue weighted by molar-refractivity contribution is -0.928. The van der Waals surface area contributed by atoms with Crippen LogP contribution in [-0.2, 0) is 15.1 Å². The zero-order valence-electron chi connectivity index (χ0n) is 15.2. The van der Waals surface area contributed by atoms with Gasteiger partial charge < -0.3 is 14.3 Å². The summed E-state index contributed by atoms with van der Waals surface area (Å²) >= 11 is 0. The molecule has 3 fully saturated rings. The minimum absolute atomic E-state index is 0.117. The van der Waals surface area contributed by atoms with Crippen molar-refractivity contribution in [2.24, 2.45) is 5.92 Å². The summed E-state index contributed by atoms with van der Waals surface area (Å²) in [5.41, 5.74) is -0.705. The lowest BCUT2D eigenvalue weighted by Gasteiger charge is -2.50. The Kier molecular flexibility index (Phi) is 4.33. The van der Waals surface area contributed by atoms with Crippen molar-refractivity contribution < 1.29 is 19.1 Å². The number of quaternary nitrogens is 1. The largest absolute Gasteiger partial charge is 0.453 e. The molecule has 0 radical (unpaired) electrons. The van der Waals surface area contributed by atoms with Gasteiger partial charge in [-0.05, 0) is 11.1 Å². The molecule has 26 heavy (non-hydrogen) atoms. The molecule has 3 aliphatic rings. The third-order valence-electron chi connectivity index (χ3n) is 6.16. The van der Waals surface area contributed by atoms with E-state index in [1.165, 1.54) is 0 Å². The summed E-state index contributed by atoms with van der Waals surface area (Å²) in [6, 6.07) is 18.2. The minimum Gasteiger partial charge on any atom is -0.453 e. The first-order valence-corrected chi connectivity index (χ1v) is 9.39. The Morgan fingerprint density at radius 1 is 1.00 bits per heavy atom. The molecule has 5 rings (SSSR count). The number of aliphatic hydroxyl groups is 1. The molecule has 0 saturated carbocycles. The van der Waals surface area contributed by atoms with Crippen LogP contribution in [0.15, 0.2) is 60.7 Å². The first kappa shape index (κ1) is 17.3. The van der Waals surface area contributed by atoms with Crippen LogP contribution >= 0.6 is 0 Å². The SMILES string of the molecule is C[N+]12CCC(CC1)[C@H](OC(=O)C(O)(c1ccccc1)c1ccccc1)C2. The highest BCUT2D eigenvalue weighted by Crippen LogP contribution is 2.37. The van der Waals surface area contributed by atoms with Crippen molar-refractivity contribution in [2.45, 2.75) is 24.5 Å². The number of likely N-dealkylation sites (N-methyl/N-ethyl adjacent to an activating group) is 1. The highest BCUT2D eigenvalue weighted by atomic mass is 16.6. The van der Waals surface area contributed by atoms with Crippen LogP contribution in [0.2, 0.25) is 0 Å². The summed E-state index contributed by atoms with van der Waals surface area (Å²) in [5, 5.41) is 11.5. The van der Waals surface area contributed by atoms with Gasteiger partial charge in [-0.2, -0.15) is 0 Å². The van der Waals surface area contributed by atoms with Gasteiger partial charge in [0, 0.05) is 18.8 Å². The van der Waals surface area contributed by atoms with Crippen LogP contribution in [0.3, 0.4) is 0 Å². The maximum absolute atomic E-state index is 13.2. The normalized spacial score (nSPS) is 27.9. The van der Waals surface area contributed by atoms with Gasteiger partial charge in [0.05, 0.1) is 20.1 Å². The number of nitrogens with zero attached hydrogens (tertiary/aromatic N) is 1. The van der Waals surface area contributed by atoms with Gasteiger partial charge in [-0.25, -0.2) is 4.79 Å². The molecular formula is C22H26NO3+. The third-order valence-corrected chi connectivity index (χ3v) is 6.16. The molecule has 2 aromatic rings. The van der Waals surface area contributed by atoms with Gasteiger partial charge >= 0.3 is 5.97 Å². The average molecular weight is 352 g/mol. The Morgan fingerprint density at radius 3 is 1.96 bits per heavy atom. The van der Waals surface area contributed by atoms with Crippen LogP contribution in [0.4, 0.5) is 0 Å². The number of ether oxygens (including phenoxy) is 1. The van der Waals surface area contributed by atoms with E-state index in [-0.39, 0.29) is 6.10 Å². The fourth-order valence-electron chi connectivity index (χ4n) is 4.47. The molecule has 3 aliphatic heterocycles. The lowest BCUT2D eigenvalue weighted by atomic mass is 9.83. The fourth-order valence-corrected chi connectivity index (χ4v) is 4.47. The van der Waals surface area contributed by atoms with Crippen molar-refractivity contribution in [3.63, 3.8) is 0 Å². The summed E-state index contributed by atoms with van der Waals surface area (Å²) < 4.78 is 6.92. The summed E-state index contributed by atoms with van der Waals surface area (Å²) in [7, 11) is 2.23. The van der Waals surface area contributed by atoms with Gasteiger partial charge in [0.15, 0.2) is 6.10 Å². The molecule has 3 heterocycles. The molecule has 0 aliphatic carbocycles. The van der Waals surface area contributed by atoms with E-state index in [0.29, 0.717) is 17.0 Å². The van der Waals surface area contributed by atoms with Crippen LogP contribution in [0.25, 0.3) is 0 Å². The first-order chi connectivity index (χ1) is 12.5. The second-order valence-electron chi connectivity index (χ2n) is 7.97. The van der Waals surface area contributed by atoms with Gasteiger partial charge in [-0.15, -0.1) is 0 Å². The summed E-state index contributed by atoms with van der Waals surface area (Å²) in [6.07, 6.45) is 2.06. The predicted molar refractivity (Wildman–Crippen MR) is 99.3 cm³/mol.